The zero-order valence-electron chi connectivity index (χ0n) is 10.8. The number of nitrogens with one attached hydrogen (secondary N) is 1. The summed E-state index contributed by atoms with van der Waals surface area (Å²) in [5, 5.41) is 11.7. The number of amides is 1. The van der Waals surface area contributed by atoms with Crippen molar-refractivity contribution in [2.24, 2.45) is 0 Å². The van der Waals surface area contributed by atoms with Crippen LogP contribution >= 0.6 is 0 Å². The molecule has 0 unspecified atom stereocenters. The lowest BCUT2D eigenvalue weighted by atomic mass is 10.1. The van der Waals surface area contributed by atoms with Gasteiger partial charge < -0.3 is 16.2 Å². The van der Waals surface area contributed by atoms with Gasteiger partial charge in [-0.25, -0.2) is 9.78 Å². The Balaban J connectivity index is 2.36. The van der Waals surface area contributed by atoms with Crippen LogP contribution in [0.2, 0.25) is 0 Å². The van der Waals surface area contributed by atoms with E-state index < -0.39 is 11.9 Å². The third kappa shape index (κ3) is 2.59. The highest BCUT2D eigenvalue weighted by Crippen LogP contribution is 2.20. The van der Waals surface area contributed by atoms with Crippen molar-refractivity contribution in [3.63, 3.8) is 0 Å². The maximum absolute atomic E-state index is 12.1. The molecule has 4 N–H and O–H groups in total. The third-order valence-electron chi connectivity index (χ3n) is 2.79. The van der Waals surface area contributed by atoms with E-state index in [0.717, 1.165) is 0 Å². The van der Waals surface area contributed by atoms with E-state index >= 15 is 0 Å². The molecule has 0 saturated carbocycles. The molecule has 0 bridgehead atoms. The Morgan fingerprint density at radius 1 is 1.25 bits per heavy atom. The highest BCUT2D eigenvalue weighted by Gasteiger charge is 2.17. The van der Waals surface area contributed by atoms with Crippen molar-refractivity contribution in [1.29, 1.82) is 0 Å². The van der Waals surface area contributed by atoms with Crippen molar-refractivity contribution in [1.82, 2.24) is 4.98 Å². The third-order valence-corrected chi connectivity index (χ3v) is 2.79. The van der Waals surface area contributed by atoms with E-state index in [1.807, 2.05) is 0 Å². The molecule has 0 aliphatic carbocycles. The molecule has 0 spiro atoms. The first-order valence-corrected chi connectivity index (χ1v) is 5.85. The number of nitrogens with zero attached hydrogens (tertiary/aromatic N) is 1. The number of carboxylic acid groups (broad SMARTS) is 1. The van der Waals surface area contributed by atoms with Crippen molar-refractivity contribution >= 4 is 23.3 Å². The first-order chi connectivity index (χ1) is 9.50. The van der Waals surface area contributed by atoms with Crippen LogP contribution in [-0.2, 0) is 0 Å². The first kappa shape index (κ1) is 13.5. The van der Waals surface area contributed by atoms with E-state index in [-0.39, 0.29) is 22.6 Å². The molecule has 0 fully saturated rings. The molecule has 6 nitrogen and oxygen atoms in total. The maximum atomic E-state index is 12.1. The van der Waals surface area contributed by atoms with Crippen LogP contribution in [0.3, 0.4) is 0 Å². The Hall–Kier alpha value is -2.89. The van der Waals surface area contributed by atoms with Gasteiger partial charge in [-0.3, -0.25) is 4.79 Å². The minimum atomic E-state index is -1.10. The zero-order chi connectivity index (χ0) is 14.7. The number of nitrogens with two attached hydrogens (primary N) is 1. The Labute approximate surface area is 115 Å². The average molecular weight is 271 g/mol. The SMILES string of the molecule is Cc1cccc(NC(=O)c2ncccc2N)c1C(=O)O. The van der Waals surface area contributed by atoms with Crippen molar-refractivity contribution < 1.29 is 14.7 Å². The van der Waals surface area contributed by atoms with Crippen LogP contribution in [0.5, 0.6) is 0 Å². The standard InChI is InChI=1S/C14H13N3O3/c1-8-4-2-6-10(11(8)14(19)20)17-13(18)12-9(15)5-3-7-16-12/h2-7H,15H2,1H3,(H,17,18)(H,19,20). The van der Waals surface area contributed by atoms with Crippen LogP contribution in [0.1, 0.15) is 26.4 Å². The predicted octanol–water partition coefficient (Wildman–Crippen LogP) is 1.92. The molecule has 1 aromatic heterocycles. The smallest absolute Gasteiger partial charge is 0.338 e. The lowest BCUT2D eigenvalue weighted by molar-refractivity contribution is 0.0697. The van der Waals surface area contributed by atoms with Gasteiger partial charge >= 0.3 is 5.97 Å². The monoisotopic (exact) mass is 271 g/mol. The highest BCUT2D eigenvalue weighted by atomic mass is 16.4. The summed E-state index contributed by atoms with van der Waals surface area (Å²) in [6.07, 6.45) is 1.44. The van der Waals surface area contributed by atoms with Crippen LogP contribution < -0.4 is 11.1 Å². The fraction of sp³-hybridized carbons (Fsp3) is 0.0714. The Kier molecular flexibility index (Phi) is 3.65. The van der Waals surface area contributed by atoms with Crippen molar-refractivity contribution in [2.45, 2.75) is 6.92 Å². The minimum absolute atomic E-state index is 0.0513. The van der Waals surface area contributed by atoms with E-state index in [2.05, 4.69) is 10.3 Å². The molecular weight excluding hydrogens is 258 g/mol. The van der Waals surface area contributed by atoms with E-state index in [4.69, 9.17) is 5.73 Å². The molecule has 0 radical (unpaired) electrons. The summed E-state index contributed by atoms with van der Waals surface area (Å²) >= 11 is 0. The Morgan fingerprint density at radius 2 is 2.00 bits per heavy atom. The number of carbonyl (C=O) groups excluding carboxylic acids is 1. The Morgan fingerprint density at radius 3 is 2.65 bits per heavy atom. The molecule has 0 aliphatic heterocycles. The quantitative estimate of drug-likeness (QED) is 0.791. The molecule has 20 heavy (non-hydrogen) atoms. The molecule has 2 rings (SSSR count). The largest absolute Gasteiger partial charge is 0.478 e. The number of aromatic carboxylic acids is 1. The van der Waals surface area contributed by atoms with Gasteiger partial charge in [0.05, 0.1) is 16.9 Å². The van der Waals surface area contributed by atoms with Crippen LogP contribution in [-0.4, -0.2) is 22.0 Å². The van der Waals surface area contributed by atoms with E-state index in [0.29, 0.717) is 5.56 Å². The van der Waals surface area contributed by atoms with Crippen LogP contribution in [0.15, 0.2) is 36.5 Å². The number of rotatable bonds is 3. The van der Waals surface area contributed by atoms with Crippen LogP contribution in [0.25, 0.3) is 0 Å². The first-order valence-electron chi connectivity index (χ1n) is 5.85. The zero-order valence-corrected chi connectivity index (χ0v) is 10.8. The van der Waals surface area contributed by atoms with E-state index in [1.165, 1.54) is 12.3 Å². The summed E-state index contributed by atoms with van der Waals surface area (Å²) in [7, 11) is 0. The summed E-state index contributed by atoms with van der Waals surface area (Å²) in [5.74, 6) is -1.65. The summed E-state index contributed by atoms with van der Waals surface area (Å²) in [6, 6.07) is 8.01. The molecule has 6 heteroatoms. The fourth-order valence-electron chi connectivity index (χ4n) is 1.84. The van der Waals surface area contributed by atoms with Gasteiger partial charge in [0.1, 0.15) is 0 Å². The van der Waals surface area contributed by atoms with Gasteiger partial charge in [-0.1, -0.05) is 12.1 Å². The van der Waals surface area contributed by atoms with E-state index in [9.17, 15) is 14.7 Å². The van der Waals surface area contributed by atoms with Gasteiger partial charge in [0.25, 0.3) is 5.91 Å². The van der Waals surface area contributed by atoms with Gasteiger partial charge in [0.2, 0.25) is 0 Å². The second kappa shape index (κ2) is 5.40. The normalized spacial score (nSPS) is 10.1. The number of carbonyl (C=O) groups is 2. The Bertz CT molecular complexity index is 683. The molecule has 102 valence electrons. The average Bonchev–Trinajstić information content (AvgIpc) is 2.38. The molecule has 1 aromatic carbocycles. The second-order valence-electron chi connectivity index (χ2n) is 4.20. The van der Waals surface area contributed by atoms with Crippen LogP contribution in [0.4, 0.5) is 11.4 Å². The molecule has 0 atom stereocenters. The molecular formula is C14H13N3O3. The molecule has 0 aliphatic rings. The topological polar surface area (TPSA) is 105 Å². The summed E-state index contributed by atoms with van der Waals surface area (Å²) < 4.78 is 0. The van der Waals surface area contributed by atoms with Crippen molar-refractivity contribution in [3.8, 4) is 0 Å². The fourth-order valence-corrected chi connectivity index (χ4v) is 1.84. The lowest BCUT2D eigenvalue weighted by Gasteiger charge is -2.11. The summed E-state index contributed by atoms with van der Waals surface area (Å²) in [6.45, 7) is 1.66. The second-order valence-corrected chi connectivity index (χ2v) is 4.20. The molecule has 1 amide bonds. The van der Waals surface area contributed by atoms with Crippen molar-refractivity contribution in [2.75, 3.05) is 11.1 Å². The number of aryl methyl sites for hydroxylation is 1. The van der Waals surface area contributed by atoms with Crippen molar-refractivity contribution in [3.05, 3.63) is 53.3 Å². The van der Waals surface area contributed by atoms with Gasteiger partial charge in [0, 0.05) is 6.20 Å². The number of benzene rings is 1. The van der Waals surface area contributed by atoms with Gasteiger partial charge in [-0.2, -0.15) is 0 Å². The number of hydrogen-bond donors (Lipinski definition) is 3. The molecule has 1 heterocycles. The number of anilines is 2. The van der Waals surface area contributed by atoms with Gasteiger partial charge in [0.15, 0.2) is 5.69 Å². The number of hydrogen-bond acceptors (Lipinski definition) is 4. The maximum Gasteiger partial charge on any atom is 0.338 e. The summed E-state index contributed by atoms with van der Waals surface area (Å²) in [5.41, 5.74) is 6.78. The molecule has 2 aromatic rings. The number of nitrogen functional groups attached to an aromatic ring is 1. The number of aromatic nitrogens is 1. The number of pyridine rings is 1. The van der Waals surface area contributed by atoms with Gasteiger partial charge in [-0.15, -0.1) is 0 Å². The summed E-state index contributed by atoms with van der Waals surface area (Å²) in [4.78, 5) is 27.2. The highest BCUT2D eigenvalue weighted by molar-refractivity contribution is 6.09. The van der Waals surface area contributed by atoms with Gasteiger partial charge in [-0.05, 0) is 30.7 Å². The predicted molar refractivity (Wildman–Crippen MR) is 74.7 cm³/mol. The molecule has 0 saturated heterocycles. The van der Waals surface area contributed by atoms with E-state index in [1.54, 1.807) is 31.2 Å². The number of carboxylic acids is 1. The minimum Gasteiger partial charge on any atom is -0.478 e. The lowest BCUT2D eigenvalue weighted by Crippen LogP contribution is -2.18. The van der Waals surface area contributed by atoms with Crippen LogP contribution in [0, 0.1) is 6.92 Å².